The zero-order chi connectivity index (χ0) is 27.3. The summed E-state index contributed by atoms with van der Waals surface area (Å²) in [5.74, 6) is 1.00. The quantitative estimate of drug-likeness (QED) is 0.399. The van der Waals surface area contributed by atoms with Crippen LogP contribution in [0.5, 0.6) is 11.6 Å². The van der Waals surface area contributed by atoms with E-state index in [1.165, 1.54) is 0 Å². The number of benzene rings is 1. The van der Waals surface area contributed by atoms with Crippen LogP contribution in [0.25, 0.3) is 0 Å². The lowest BCUT2D eigenvalue weighted by Crippen LogP contribution is -2.60. The van der Waals surface area contributed by atoms with Gasteiger partial charge in [-0.1, -0.05) is 12.1 Å². The second kappa shape index (κ2) is 12.6. The largest absolute Gasteiger partial charge is 0.508 e. The van der Waals surface area contributed by atoms with E-state index in [0.717, 1.165) is 22.6 Å². The number of rotatable bonds is 10. The lowest BCUT2D eigenvalue weighted by molar-refractivity contribution is -0.278. The Hall–Kier alpha value is -2.86. The van der Waals surface area contributed by atoms with Crippen LogP contribution >= 0.6 is 0 Å². The number of hydrogen-bond donors (Lipinski definition) is 3. The average molecular weight is 523 g/mol. The third kappa shape index (κ3) is 7.13. The van der Waals surface area contributed by atoms with Crippen molar-refractivity contribution in [1.82, 2.24) is 9.78 Å². The predicted molar refractivity (Wildman–Crippen MR) is 133 cm³/mol. The molecule has 2 heterocycles. The van der Waals surface area contributed by atoms with E-state index >= 15 is 0 Å². The first-order chi connectivity index (χ1) is 17.5. The zero-order valence-electron chi connectivity index (χ0n) is 22.2. The summed E-state index contributed by atoms with van der Waals surface area (Å²) < 4.78 is 29.0. The van der Waals surface area contributed by atoms with Gasteiger partial charge in [-0.25, -0.2) is 4.79 Å². The summed E-state index contributed by atoms with van der Waals surface area (Å²) in [6, 6.07) is 7.73. The molecule has 5 atom stereocenters. The molecule has 1 aliphatic heterocycles. The van der Waals surface area contributed by atoms with Crippen molar-refractivity contribution < 1.29 is 43.8 Å². The van der Waals surface area contributed by atoms with Gasteiger partial charge in [-0.3, -0.25) is 4.68 Å². The van der Waals surface area contributed by atoms with E-state index in [1.807, 2.05) is 56.6 Å². The van der Waals surface area contributed by atoms with Gasteiger partial charge in [-0.05, 0) is 59.2 Å². The van der Waals surface area contributed by atoms with E-state index in [4.69, 9.17) is 23.7 Å². The van der Waals surface area contributed by atoms with Gasteiger partial charge >= 0.3 is 6.16 Å². The first-order valence-corrected chi connectivity index (χ1v) is 12.5. The zero-order valence-corrected chi connectivity index (χ0v) is 22.2. The van der Waals surface area contributed by atoms with Crippen molar-refractivity contribution in [2.24, 2.45) is 0 Å². The predicted octanol–water partition coefficient (Wildman–Crippen LogP) is 2.51. The third-order valence-electron chi connectivity index (χ3n) is 5.94. The molecule has 37 heavy (non-hydrogen) atoms. The average Bonchev–Trinajstić information content (AvgIpc) is 3.14. The maximum atomic E-state index is 11.8. The van der Waals surface area contributed by atoms with Crippen molar-refractivity contribution >= 4 is 6.16 Å². The molecule has 0 aliphatic carbocycles. The molecular formula is C26H38N2O9. The molecule has 1 aromatic carbocycles. The third-order valence-corrected chi connectivity index (χ3v) is 5.94. The van der Waals surface area contributed by atoms with Gasteiger partial charge in [0.05, 0.1) is 12.7 Å². The number of aliphatic hydroxyl groups is 3. The molecular weight excluding hydrogens is 484 g/mol. The second-order valence-corrected chi connectivity index (χ2v) is 9.52. The van der Waals surface area contributed by atoms with Crippen LogP contribution in [0.4, 0.5) is 4.79 Å². The van der Waals surface area contributed by atoms with Crippen molar-refractivity contribution in [1.29, 1.82) is 0 Å². The van der Waals surface area contributed by atoms with Crippen molar-refractivity contribution in [3.8, 4) is 11.6 Å². The first kappa shape index (κ1) is 28.7. The highest BCUT2D eigenvalue weighted by Crippen LogP contribution is 2.31. The van der Waals surface area contributed by atoms with E-state index < -0.39 is 43.5 Å². The summed E-state index contributed by atoms with van der Waals surface area (Å²) >= 11 is 0. The summed E-state index contributed by atoms with van der Waals surface area (Å²) in [6.45, 7) is 11.3. The molecule has 2 aromatic rings. The summed E-state index contributed by atoms with van der Waals surface area (Å²) in [6.07, 6.45) is -8.06. The number of carbonyl (C=O) groups is 1. The summed E-state index contributed by atoms with van der Waals surface area (Å²) in [4.78, 5) is 11.8. The van der Waals surface area contributed by atoms with Crippen LogP contribution in [-0.2, 0) is 20.6 Å². The number of aliphatic hydroxyl groups excluding tert-OH is 3. The van der Waals surface area contributed by atoms with Gasteiger partial charge < -0.3 is 39.0 Å². The lowest BCUT2D eigenvalue weighted by atomic mass is 9.99. The Morgan fingerprint density at radius 3 is 2.35 bits per heavy atom. The highest BCUT2D eigenvalue weighted by Gasteiger charge is 2.46. The molecule has 1 saturated heterocycles. The second-order valence-electron chi connectivity index (χ2n) is 9.52. The van der Waals surface area contributed by atoms with Crippen molar-refractivity contribution in [2.75, 3.05) is 13.2 Å². The minimum absolute atomic E-state index is 0.0363. The van der Waals surface area contributed by atoms with E-state index in [1.54, 1.807) is 13.8 Å². The van der Waals surface area contributed by atoms with Gasteiger partial charge in [0.1, 0.15) is 36.8 Å². The molecule has 1 aromatic heterocycles. The molecule has 206 valence electrons. The Bertz CT molecular complexity index is 1020. The van der Waals surface area contributed by atoms with E-state index in [-0.39, 0.29) is 18.0 Å². The molecule has 0 spiro atoms. The molecule has 3 N–H and O–H groups in total. The molecule has 1 aliphatic rings. The monoisotopic (exact) mass is 522 g/mol. The molecule has 3 rings (SSSR count). The minimum Gasteiger partial charge on any atom is -0.494 e. The highest BCUT2D eigenvalue weighted by atomic mass is 16.7. The van der Waals surface area contributed by atoms with Gasteiger partial charge in [0.2, 0.25) is 12.2 Å². The maximum Gasteiger partial charge on any atom is 0.508 e. The normalized spacial score (nSPS) is 23.8. The SMILES string of the molecule is CCOc1ccc(Cc2c(O[C@@H]3O[C@H](COC(=O)OC(C)C)[C@@H](O)[C@H](O)[C@H]3O)nn(C(C)C)c2C)cc1. The van der Waals surface area contributed by atoms with Crippen LogP contribution < -0.4 is 9.47 Å². The summed E-state index contributed by atoms with van der Waals surface area (Å²) in [5.41, 5.74) is 2.65. The van der Waals surface area contributed by atoms with Crippen molar-refractivity contribution in [3.63, 3.8) is 0 Å². The number of nitrogens with zero attached hydrogens (tertiary/aromatic N) is 2. The number of ether oxygens (including phenoxy) is 5. The Labute approximate surface area is 216 Å². The fourth-order valence-corrected chi connectivity index (χ4v) is 4.04. The van der Waals surface area contributed by atoms with Gasteiger partial charge in [-0.15, -0.1) is 5.10 Å². The molecule has 0 radical (unpaired) electrons. The molecule has 0 unspecified atom stereocenters. The summed E-state index contributed by atoms with van der Waals surface area (Å²) in [7, 11) is 0. The van der Waals surface area contributed by atoms with Gasteiger partial charge in [0.15, 0.2) is 0 Å². The van der Waals surface area contributed by atoms with Crippen molar-refractivity contribution in [3.05, 3.63) is 41.1 Å². The van der Waals surface area contributed by atoms with Crippen LogP contribution in [-0.4, -0.2) is 81.3 Å². The standard InChI is InChI=1S/C26H38N2O9/c1-7-33-18-10-8-17(9-11-18)12-19-16(6)28(14(2)3)27-24(19)37-25-23(31)22(30)21(29)20(36-25)13-34-26(32)35-15(4)5/h8-11,14-15,20-23,25,29-31H,7,12-13H2,1-6H3/t20-,21-,22+,23-,25+/m1/s1. The van der Waals surface area contributed by atoms with Gasteiger partial charge in [0.25, 0.3) is 0 Å². The molecule has 0 amide bonds. The van der Waals surface area contributed by atoms with Crippen molar-refractivity contribution in [2.45, 2.75) is 90.8 Å². The van der Waals surface area contributed by atoms with Crippen LogP contribution in [0.1, 0.15) is 57.5 Å². The van der Waals surface area contributed by atoms with Gasteiger partial charge in [0, 0.05) is 23.7 Å². The van der Waals surface area contributed by atoms with E-state index in [2.05, 4.69) is 5.10 Å². The molecule has 0 bridgehead atoms. The Morgan fingerprint density at radius 1 is 1.08 bits per heavy atom. The Morgan fingerprint density at radius 2 is 1.76 bits per heavy atom. The topological polar surface area (TPSA) is 142 Å². The molecule has 11 heteroatoms. The van der Waals surface area contributed by atoms with Crippen LogP contribution in [0.15, 0.2) is 24.3 Å². The first-order valence-electron chi connectivity index (χ1n) is 12.5. The fraction of sp³-hybridized carbons (Fsp3) is 0.615. The van der Waals surface area contributed by atoms with Crippen LogP contribution in [0.2, 0.25) is 0 Å². The number of carbonyl (C=O) groups excluding carboxylic acids is 1. The highest BCUT2D eigenvalue weighted by molar-refractivity contribution is 5.60. The maximum absolute atomic E-state index is 11.8. The Balaban J connectivity index is 1.81. The number of aromatic nitrogens is 2. The minimum atomic E-state index is -1.60. The van der Waals surface area contributed by atoms with E-state index in [9.17, 15) is 20.1 Å². The van der Waals surface area contributed by atoms with E-state index in [0.29, 0.717) is 13.0 Å². The molecule has 0 saturated carbocycles. The Kier molecular flexibility index (Phi) is 9.77. The van der Waals surface area contributed by atoms with Crippen LogP contribution in [0, 0.1) is 6.92 Å². The molecule has 11 nitrogen and oxygen atoms in total. The van der Waals surface area contributed by atoms with Gasteiger partial charge in [-0.2, -0.15) is 0 Å². The summed E-state index contributed by atoms with van der Waals surface area (Å²) in [5, 5.41) is 36.0. The fourth-order valence-electron chi connectivity index (χ4n) is 4.04. The number of hydrogen-bond acceptors (Lipinski definition) is 10. The lowest BCUT2D eigenvalue weighted by Gasteiger charge is -2.39. The molecule has 1 fully saturated rings. The van der Waals surface area contributed by atoms with Crippen LogP contribution in [0.3, 0.4) is 0 Å². The smallest absolute Gasteiger partial charge is 0.494 e.